The number of guanidine groups is 1. The summed E-state index contributed by atoms with van der Waals surface area (Å²) in [6.07, 6.45) is 0. The van der Waals surface area contributed by atoms with Crippen LogP contribution >= 0.6 is 0 Å². The van der Waals surface area contributed by atoms with Crippen LogP contribution in [0.5, 0.6) is 0 Å². The number of piperazine rings is 1. The Morgan fingerprint density at radius 2 is 1.52 bits per heavy atom. The minimum atomic E-state index is -0.0141. The summed E-state index contributed by atoms with van der Waals surface area (Å²) < 4.78 is 0. The number of anilines is 1. The van der Waals surface area contributed by atoms with E-state index in [0.29, 0.717) is 0 Å². The van der Waals surface area contributed by atoms with E-state index < -0.39 is 0 Å². The summed E-state index contributed by atoms with van der Waals surface area (Å²) in [7, 11) is 1.82. The highest BCUT2D eigenvalue weighted by molar-refractivity contribution is 5.80. The first-order valence-electron chi connectivity index (χ1n) is 10.5. The monoisotopic (exact) mass is 393 g/mol. The van der Waals surface area contributed by atoms with Crippen molar-refractivity contribution in [1.29, 1.82) is 0 Å². The first-order chi connectivity index (χ1) is 13.9. The van der Waals surface area contributed by atoms with Crippen LogP contribution in [0.1, 0.15) is 31.9 Å². The van der Waals surface area contributed by atoms with Crippen LogP contribution in [0.25, 0.3) is 0 Å². The maximum Gasteiger partial charge on any atom is 0.191 e. The third kappa shape index (κ3) is 6.50. The van der Waals surface area contributed by atoms with Gasteiger partial charge < -0.3 is 15.5 Å². The van der Waals surface area contributed by atoms with E-state index in [-0.39, 0.29) is 5.54 Å². The lowest BCUT2D eigenvalue weighted by Gasteiger charge is -2.36. The number of hydrogen-bond donors (Lipinski definition) is 2. The largest absolute Gasteiger partial charge is 0.369 e. The van der Waals surface area contributed by atoms with Crippen molar-refractivity contribution in [3.05, 3.63) is 65.7 Å². The topological polar surface area (TPSA) is 42.9 Å². The third-order valence-corrected chi connectivity index (χ3v) is 5.17. The lowest BCUT2D eigenvalue weighted by atomic mass is 10.1. The second-order valence-corrected chi connectivity index (χ2v) is 8.67. The van der Waals surface area contributed by atoms with Crippen molar-refractivity contribution in [2.75, 3.05) is 38.1 Å². The van der Waals surface area contributed by atoms with E-state index in [1.54, 1.807) is 0 Å². The molecule has 0 unspecified atom stereocenters. The molecule has 5 heteroatoms. The molecule has 2 N–H and O–H groups in total. The van der Waals surface area contributed by atoms with Crippen molar-refractivity contribution in [3.8, 4) is 0 Å². The number of para-hydroxylation sites is 1. The molecular formula is C24H35N5. The van der Waals surface area contributed by atoms with Crippen LogP contribution in [0.2, 0.25) is 0 Å². The van der Waals surface area contributed by atoms with Crippen LogP contribution < -0.4 is 15.5 Å². The van der Waals surface area contributed by atoms with Gasteiger partial charge in [-0.2, -0.15) is 0 Å². The molecule has 1 saturated heterocycles. The van der Waals surface area contributed by atoms with Gasteiger partial charge in [-0.15, -0.1) is 0 Å². The summed E-state index contributed by atoms with van der Waals surface area (Å²) in [6.45, 7) is 12.5. The Balaban J connectivity index is 1.56. The maximum absolute atomic E-state index is 4.35. The Hall–Kier alpha value is -2.53. The highest BCUT2D eigenvalue weighted by Crippen LogP contribution is 2.18. The molecule has 1 aliphatic rings. The third-order valence-electron chi connectivity index (χ3n) is 5.17. The van der Waals surface area contributed by atoms with Gasteiger partial charge in [0.05, 0.1) is 0 Å². The summed E-state index contributed by atoms with van der Waals surface area (Å²) in [4.78, 5) is 9.38. The van der Waals surface area contributed by atoms with E-state index in [2.05, 4.69) is 101 Å². The van der Waals surface area contributed by atoms with Gasteiger partial charge in [0.15, 0.2) is 5.96 Å². The van der Waals surface area contributed by atoms with Gasteiger partial charge in [-0.1, -0.05) is 42.5 Å². The molecule has 2 aromatic carbocycles. The zero-order valence-electron chi connectivity index (χ0n) is 18.3. The van der Waals surface area contributed by atoms with Crippen molar-refractivity contribution in [3.63, 3.8) is 0 Å². The van der Waals surface area contributed by atoms with Crippen LogP contribution in [-0.4, -0.2) is 49.6 Å². The molecule has 2 aromatic rings. The molecule has 0 aromatic heterocycles. The summed E-state index contributed by atoms with van der Waals surface area (Å²) in [5.41, 5.74) is 4.03. The number of nitrogens with one attached hydrogen (secondary N) is 2. The Morgan fingerprint density at radius 3 is 2.14 bits per heavy atom. The average Bonchev–Trinajstić information content (AvgIpc) is 2.72. The molecule has 3 rings (SSSR count). The van der Waals surface area contributed by atoms with Crippen LogP contribution in [0.3, 0.4) is 0 Å². The van der Waals surface area contributed by atoms with E-state index in [9.17, 15) is 0 Å². The zero-order valence-corrected chi connectivity index (χ0v) is 18.3. The van der Waals surface area contributed by atoms with Gasteiger partial charge in [0.2, 0.25) is 0 Å². The fourth-order valence-electron chi connectivity index (χ4n) is 3.64. The Labute approximate surface area is 175 Å². The second-order valence-electron chi connectivity index (χ2n) is 8.67. The number of rotatable bonds is 5. The Bertz CT molecular complexity index is 786. The SMILES string of the molecule is CN=C(NCc1ccccc1CN1CCN(c2ccccc2)CC1)NC(C)(C)C. The molecule has 0 radical (unpaired) electrons. The average molecular weight is 394 g/mol. The fourth-order valence-corrected chi connectivity index (χ4v) is 3.64. The lowest BCUT2D eigenvalue weighted by Crippen LogP contribution is -2.47. The molecule has 5 nitrogen and oxygen atoms in total. The summed E-state index contributed by atoms with van der Waals surface area (Å²) in [5.74, 6) is 0.837. The van der Waals surface area contributed by atoms with Crippen molar-refractivity contribution < 1.29 is 0 Å². The Morgan fingerprint density at radius 1 is 0.897 bits per heavy atom. The minimum Gasteiger partial charge on any atom is -0.369 e. The quantitative estimate of drug-likeness (QED) is 0.603. The van der Waals surface area contributed by atoms with Gasteiger partial charge in [-0.05, 0) is 44.0 Å². The molecular weight excluding hydrogens is 358 g/mol. The van der Waals surface area contributed by atoms with Crippen molar-refractivity contribution in [1.82, 2.24) is 15.5 Å². The van der Waals surface area contributed by atoms with Gasteiger partial charge in [-0.3, -0.25) is 9.89 Å². The number of hydrogen-bond acceptors (Lipinski definition) is 3. The number of benzene rings is 2. The molecule has 29 heavy (non-hydrogen) atoms. The second kappa shape index (κ2) is 9.79. The van der Waals surface area contributed by atoms with E-state index in [0.717, 1.165) is 45.2 Å². The van der Waals surface area contributed by atoms with E-state index in [4.69, 9.17) is 0 Å². The molecule has 0 atom stereocenters. The molecule has 156 valence electrons. The molecule has 1 aliphatic heterocycles. The highest BCUT2D eigenvalue weighted by atomic mass is 15.3. The van der Waals surface area contributed by atoms with Crippen molar-refractivity contribution in [2.24, 2.45) is 4.99 Å². The molecule has 1 fully saturated rings. The highest BCUT2D eigenvalue weighted by Gasteiger charge is 2.18. The van der Waals surface area contributed by atoms with E-state index >= 15 is 0 Å². The zero-order chi connectivity index (χ0) is 20.7. The molecule has 0 amide bonds. The summed E-state index contributed by atoms with van der Waals surface area (Å²) >= 11 is 0. The van der Waals surface area contributed by atoms with Gasteiger partial charge in [0.1, 0.15) is 0 Å². The van der Waals surface area contributed by atoms with Gasteiger partial charge in [-0.25, -0.2) is 0 Å². The van der Waals surface area contributed by atoms with Crippen molar-refractivity contribution in [2.45, 2.75) is 39.4 Å². The number of nitrogens with zero attached hydrogens (tertiary/aromatic N) is 3. The Kier molecular flexibility index (Phi) is 7.15. The van der Waals surface area contributed by atoms with Crippen LogP contribution in [0.15, 0.2) is 59.6 Å². The van der Waals surface area contributed by atoms with Gasteiger partial charge in [0, 0.05) is 57.5 Å². The van der Waals surface area contributed by atoms with Crippen LogP contribution in [0.4, 0.5) is 5.69 Å². The van der Waals surface area contributed by atoms with Gasteiger partial charge >= 0.3 is 0 Å². The lowest BCUT2D eigenvalue weighted by molar-refractivity contribution is 0.249. The molecule has 0 aliphatic carbocycles. The number of aliphatic imine (C=N–C) groups is 1. The molecule has 0 saturated carbocycles. The predicted molar refractivity (Wildman–Crippen MR) is 123 cm³/mol. The standard InChI is InChI=1S/C24H35N5/c1-24(2,3)27-23(25-4)26-18-20-10-8-9-11-21(20)19-28-14-16-29(17-15-28)22-12-6-5-7-13-22/h5-13H,14-19H2,1-4H3,(H2,25,26,27). The van der Waals surface area contributed by atoms with Crippen LogP contribution in [0, 0.1) is 0 Å². The molecule has 0 spiro atoms. The van der Waals surface area contributed by atoms with E-state index in [1.165, 1.54) is 16.8 Å². The predicted octanol–water partition coefficient (Wildman–Crippen LogP) is 3.47. The summed E-state index contributed by atoms with van der Waals surface area (Å²) in [6, 6.07) is 19.4. The maximum atomic E-state index is 4.35. The summed E-state index contributed by atoms with van der Waals surface area (Å²) in [5, 5.41) is 6.88. The van der Waals surface area contributed by atoms with E-state index in [1.807, 2.05) is 7.05 Å². The first kappa shape index (κ1) is 21.2. The van der Waals surface area contributed by atoms with Gasteiger partial charge in [0.25, 0.3) is 0 Å². The minimum absolute atomic E-state index is 0.0141. The molecule has 0 bridgehead atoms. The van der Waals surface area contributed by atoms with Crippen molar-refractivity contribution >= 4 is 11.6 Å². The normalized spacial score (nSPS) is 16.0. The van der Waals surface area contributed by atoms with Crippen LogP contribution in [-0.2, 0) is 13.1 Å². The fraction of sp³-hybridized carbons (Fsp3) is 0.458. The molecule has 1 heterocycles. The first-order valence-corrected chi connectivity index (χ1v) is 10.5. The smallest absolute Gasteiger partial charge is 0.191 e.